The highest BCUT2D eigenvalue weighted by Crippen LogP contribution is 2.28. The van der Waals surface area contributed by atoms with Gasteiger partial charge in [-0.05, 0) is 25.0 Å². The molecule has 6 nitrogen and oxygen atoms in total. The summed E-state index contributed by atoms with van der Waals surface area (Å²) in [5.74, 6) is 0.0508. The standard InChI is InChI=1S/C16H21N5O/c1-13(21-9-6-14-4-2-3-5-15(14)21)10-18-16(22)7-8-20-12-17-11-19-20/h2-5,11-13H,6-10H2,1H3,(H,18,22)/t13-/m0/s1. The highest BCUT2D eigenvalue weighted by atomic mass is 16.1. The second kappa shape index (κ2) is 6.60. The van der Waals surface area contributed by atoms with E-state index in [1.165, 1.54) is 17.6 Å². The van der Waals surface area contributed by atoms with Crippen molar-refractivity contribution in [1.29, 1.82) is 0 Å². The van der Waals surface area contributed by atoms with Crippen molar-refractivity contribution in [2.24, 2.45) is 0 Å². The highest BCUT2D eigenvalue weighted by molar-refractivity contribution is 5.75. The molecule has 1 N–H and O–H groups in total. The molecule has 6 heteroatoms. The van der Waals surface area contributed by atoms with Gasteiger partial charge in [0.15, 0.2) is 0 Å². The molecule has 0 radical (unpaired) electrons. The normalized spacial score (nSPS) is 14.7. The first kappa shape index (κ1) is 14.6. The van der Waals surface area contributed by atoms with Crippen LogP contribution in [0.4, 0.5) is 5.69 Å². The van der Waals surface area contributed by atoms with Crippen LogP contribution in [0.1, 0.15) is 18.9 Å². The van der Waals surface area contributed by atoms with E-state index in [1.54, 1.807) is 11.0 Å². The van der Waals surface area contributed by atoms with Crippen LogP contribution in [0.15, 0.2) is 36.9 Å². The molecule has 1 aromatic carbocycles. The van der Waals surface area contributed by atoms with Crippen LogP contribution in [-0.4, -0.2) is 39.8 Å². The summed E-state index contributed by atoms with van der Waals surface area (Å²) < 4.78 is 1.67. The summed E-state index contributed by atoms with van der Waals surface area (Å²) in [4.78, 5) is 18.1. The van der Waals surface area contributed by atoms with Crippen molar-refractivity contribution in [3.05, 3.63) is 42.5 Å². The maximum atomic E-state index is 11.9. The number of amides is 1. The molecule has 1 aliphatic rings. The van der Waals surface area contributed by atoms with Crippen molar-refractivity contribution in [3.8, 4) is 0 Å². The van der Waals surface area contributed by atoms with Crippen LogP contribution in [-0.2, 0) is 17.8 Å². The van der Waals surface area contributed by atoms with Crippen molar-refractivity contribution in [2.75, 3.05) is 18.0 Å². The van der Waals surface area contributed by atoms with E-state index in [2.05, 4.69) is 51.5 Å². The summed E-state index contributed by atoms with van der Waals surface area (Å²) in [6.07, 6.45) is 4.61. The van der Waals surface area contributed by atoms with Crippen LogP contribution in [0.25, 0.3) is 0 Å². The van der Waals surface area contributed by atoms with Gasteiger partial charge in [-0.2, -0.15) is 5.10 Å². The smallest absolute Gasteiger partial charge is 0.221 e. The number of carbonyl (C=O) groups excluding carboxylic acids is 1. The average molecular weight is 299 g/mol. The third kappa shape index (κ3) is 3.27. The topological polar surface area (TPSA) is 63.1 Å². The lowest BCUT2D eigenvalue weighted by Gasteiger charge is -2.27. The molecule has 0 fully saturated rings. The van der Waals surface area contributed by atoms with E-state index in [0.717, 1.165) is 13.0 Å². The quantitative estimate of drug-likeness (QED) is 0.871. The molecular weight excluding hydrogens is 278 g/mol. The molecule has 1 amide bonds. The molecule has 22 heavy (non-hydrogen) atoms. The molecular formula is C16H21N5O. The lowest BCUT2D eigenvalue weighted by molar-refractivity contribution is -0.121. The number of fused-ring (bicyclic) bond motifs is 1. The van der Waals surface area contributed by atoms with Gasteiger partial charge in [0, 0.05) is 31.2 Å². The molecule has 116 valence electrons. The molecule has 0 saturated carbocycles. The molecule has 0 spiro atoms. The fraction of sp³-hybridized carbons (Fsp3) is 0.438. The number of para-hydroxylation sites is 1. The Morgan fingerprint density at radius 3 is 3.09 bits per heavy atom. The van der Waals surface area contributed by atoms with E-state index < -0.39 is 0 Å². The Bertz CT molecular complexity index is 625. The Balaban J connectivity index is 1.46. The van der Waals surface area contributed by atoms with Gasteiger partial charge in [0.2, 0.25) is 5.91 Å². The summed E-state index contributed by atoms with van der Waals surface area (Å²) in [6.45, 7) is 4.40. The van der Waals surface area contributed by atoms with Gasteiger partial charge in [0.25, 0.3) is 0 Å². The third-order valence-electron chi connectivity index (χ3n) is 4.08. The Labute approximate surface area is 130 Å². The van der Waals surface area contributed by atoms with Crippen molar-refractivity contribution >= 4 is 11.6 Å². The number of hydrogen-bond donors (Lipinski definition) is 1. The van der Waals surface area contributed by atoms with E-state index in [9.17, 15) is 4.79 Å². The zero-order valence-electron chi connectivity index (χ0n) is 12.8. The highest BCUT2D eigenvalue weighted by Gasteiger charge is 2.22. The number of carbonyl (C=O) groups is 1. The van der Waals surface area contributed by atoms with E-state index in [0.29, 0.717) is 25.6 Å². The molecule has 1 aliphatic heterocycles. The first-order valence-electron chi connectivity index (χ1n) is 7.67. The van der Waals surface area contributed by atoms with Gasteiger partial charge in [0.1, 0.15) is 12.7 Å². The van der Waals surface area contributed by atoms with E-state index in [4.69, 9.17) is 0 Å². The number of nitrogens with zero attached hydrogens (tertiary/aromatic N) is 4. The van der Waals surface area contributed by atoms with Gasteiger partial charge in [-0.15, -0.1) is 0 Å². The fourth-order valence-corrected chi connectivity index (χ4v) is 2.85. The molecule has 1 atom stereocenters. The van der Waals surface area contributed by atoms with Gasteiger partial charge in [-0.25, -0.2) is 4.98 Å². The molecule has 0 saturated heterocycles. The maximum absolute atomic E-state index is 11.9. The van der Waals surface area contributed by atoms with Crippen LogP contribution >= 0.6 is 0 Å². The Hall–Kier alpha value is -2.37. The number of anilines is 1. The zero-order valence-corrected chi connectivity index (χ0v) is 12.8. The maximum Gasteiger partial charge on any atom is 0.221 e. The molecule has 2 heterocycles. The number of nitrogens with one attached hydrogen (secondary N) is 1. The Morgan fingerprint density at radius 1 is 1.41 bits per heavy atom. The van der Waals surface area contributed by atoms with Crippen molar-refractivity contribution < 1.29 is 4.79 Å². The van der Waals surface area contributed by atoms with Gasteiger partial charge in [-0.1, -0.05) is 18.2 Å². The number of benzene rings is 1. The van der Waals surface area contributed by atoms with Gasteiger partial charge >= 0.3 is 0 Å². The zero-order chi connectivity index (χ0) is 15.4. The lowest BCUT2D eigenvalue weighted by Crippen LogP contribution is -2.41. The fourth-order valence-electron chi connectivity index (χ4n) is 2.85. The summed E-state index contributed by atoms with van der Waals surface area (Å²) in [6, 6.07) is 8.78. The summed E-state index contributed by atoms with van der Waals surface area (Å²) in [7, 11) is 0. The minimum absolute atomic E-state index is 0.0508. The SMILES string of the molecule is C[C@@H](CNC(=O)CCn1cncn1)N1CCc2ccccc21. The Morgan fingerprint density at radius 2 is 2.27 bits per heavy atom. The van der Waals surface area contributed by atoms with Crippen LogP contribution in [0.5, 0.6) is 0 Å². The number of aryl methyl sites for hydroxylation is 1. The van der Waals surface area contributed by atoms with Crippen LogP contribution in [0.2, 0.25) is 0 Å². The molecule has 2 aromatic rings. The minimum atomic E-state index is 0.0508. The number of rotatable bonds is 6. The monoisotopic (exact) mass is 299 g/mol. The third-order valence-corrected chi connectivity index (χ3v) is 4.08. The summed E-state index contributed by atoms with van der Waals surface area (Å²) in [5.41, 5.74) is 2.69. The first-order valence-corrected chi connectivity index (χ1v) is 7.67. The van der Waals surface area contributed by atoms with Crippen molar-refractivity contribution in [3.63, 3.8) is 0 Å². The number of aromatic nitrogens is 3. The minimum Gasteiger partial charge on any atom is -0.366 e. The Kier molecular flexibility index (Phi) is 4.37. The van der Waals surface area contributed by atoms with Gasteiger partial charge in [-0.3, -0.25) is 9.48 Å². The predicted octanol–water partition coefficient (Wildman–Crippen LogP) is 1.24. The van der Waals surface area contributed by atoms with Crippen molar-refractivity contribution in [1.82, 2.24) is 20.1 Å². The second-order valence-electron chi connectivity index (χ2n) is 5.63. The largest absolute Gasteiger partial charge is 0.366 e. The van der Waals surface area contributed by atoms with E-state index in [-0.39, 0.29) is 5.91 Å². The molecule has 0 bridgehead atoms. The van der Waals surface area contributed by atoms with Gasteiger partial charge in [0.05, 0.1) is 6.54 Å². The molecule has 0 unspecified atom stereocenters. The van der Waals surface area contributed by atoms with Gasteiger partial charge < -0.3 is 10.2 Å². The van der Waals surface area contributed by atoms with Crippen LogP contribution in [0.3, 0.4) is 0 Å². The second-order valence-corrected chi connectivity index (χ2v) is 5.63. The van der Waals surface area contributed by atoms with Crippen LogP contribution in [0, 0.1) is 0 Å². The molecule has 0 aliphatic carbocycles. The average Bonchev–Trinajstić information content (AvgIpc) is 3.19. The first-order chi connectivity index (χ1) is 10.7. The molecule has 1 aromatic heterocycles. The van der Waals surface area contributed by atoms with Crippen molar-refractivity contribution in [2.45, 2.75) is 32.4 Å². The predicted molar refractivity (Wildman–Crippen MR) is 84.6 cm³/mol. The summed E-state index contributed by atoms with van der Waals surface area (Å²) in [5, 5.41) is 7.00. The molecule has 3 rings (SSSR count). The van der Waals surface area contributed by atoms with E-state index >= 15 is 0 Å². The van der Waals surface area contributed by atoms with E-state index in [1.807, 2.05) is 0 Å². The van der Waals surface area contributed by atoms with Crippen LogP contribution < -0.4 is 10.2 Å². The number of hydrogen-bond acceptors (Lipinski definition) is 4. The lowest BCUT2D eigenvalue weighted by atomic mass is 10.2. The summed E-state index contributed by atoms with van der Waals surface area (Å²) >= 11 is 0.